The van der Waals surface area contributed by atoms with Crippen LogP contribution in [0.4, 0.5) is 5.69 Å². The van der Waals surface area contributed by atoms with Crippen LogP contribution in [0.25, 0.3) is 10.9 Å². The summed E-state index contributed by atoms with van der Waals surface area (Å²) in [6.07, 6.45) is 2.86. The first-order valence-electron chi connectivity index (χ1n) is 8.04. The first kappa shape index (κ1) is 20.4. The Morgan fingerprint density at radius 3 is 2.85 bits per heavy atom. The molecule has 4 N–H and O–H groups in total. The zero-order valence-electron chi connectivity index (χ0n) is 14.7. The number of H-pyrrole nitrogens is 1. The number of aromatic nitrogens is 1. The zero-order valence-corrected chi connectivity index (χ0v) is 17.8. The van der Waals surface area contributed by atoms with E-state index in [1.165, 1.54) is 22.0 Å². The van der Waals surface area contributed by atoms with Crippen LogP contribution in [0.15, 0.2) is 47.6 Å². The number of aryl methyl sites for hydroxylation is 1. The van der Waals surface area contributed by atoms with Gasteiger partial charge in [-0.2, -0.15) is 0 Å². The van der Waals surface area contributed by atoms with Gasteiger partial charge in [-0.1, -0.05) is 29.8 Å². The number of rotatable bonds is 5. The minimum Gasteiger partial charge on any atom is -0.495 e. The number of aliphatic imine (C=N–C) groups is 1. The lowest BCUT2D eigenvalue weighted by Crippen LogP contribution is -2.23. The molecule has 3 aromatic rings. The van der Waals surface area contributed by atoms with E-state index in [1.807, 2.05) is 12.3 Å². The largest absolute Gasteiger partial charge is 0.495 e. The van der Waals surface area contributed by atoms with Crippen molar-refractivity contribution < 1.29 is 4.74 Å². The summed E-state index contributed by atoms with van der Waals surface area (Å²) < 4.78 is 5.13. The normalized spacial score (nSPS) is 11.3. The molecule has 0 aliphatic heterocycles. The van der Waals surface area contributed by atoms with E-state index in [-0.39, 0.29) is 24.0 Å². The molecule has 5 nitrogen and oxygen atoms in total. The number of nitrogens with zero attached hydrogens (tertiary/aromatic N) is 1. The third-order valence-electron chi connectivity index (χ3n) is 4.10. The molecule has 7 heteroatoms. The molecule has 1 aromatic heterocycles. The van der Waals surface area contributed by atoms with E-state index >= 15 is 0 Å². The van der Waals surface area contributed by atoms with Gasteiger partial charge < -0.3 is 20.8 Å². The fourth-order valence-electron chi connectivity index (χ4n) is 2.80. The Balaban J connectivity index is 0.00000243. The SMILES string of the molecule is COc1ccc(NC(N)=NCCc2c[nH]c3c(C)cccc23)cc1Cl.I. The second-order valence-corrected chi connectivity index (χ2v) is 6.21. The predicted molar refractivity (Wildman–Crippen MR) is 120 cm³/mol. The van der Waals surface area contributed by atoms with Crippen molar-refractivity contribution >= 4 is 58.1 Å². The number of hydrogen-bond donors (Lipinski definition) is 3. The van der Waals surface area contributed by atoms with E-state index in [9.17, 15) is 0 Å². The third kappa shape index (κ3) is 4.62. The van der Waals surface area contributed by atoms with Gasteiger partial charge >= 0.3 is 0 Å². The fourth-order valence-corrected chi connectivity index (χ4v) is 3.06. The van der Waals surface area contributed by atoms with Crippen molar-refractivity contribution in [3.05, 3.63) is 58.7 Å². The van der Waals surface area contributed by atoms with E-state index in [0.717, 1.165) is 12.1 Å². The van der Waals surface area contributed by atoms with Crippen LogP contribution in [-0.4, -0.2) is 24.6 Å². The summed E-state index contributed by atoms with van der Waals surface area (Å²) in [6.45, 7) is 2.70. The van der Waals surface area contributed by atoms with Crippen molar-refractivity contribution in [1.29, 1.82) is 0 Å². The first-order chi connectivity index (χ1) is 12.1. The molecule has 0 atom stereocenters. The molecule has 3 rings (SSSR count). The molecular weight excluding hydrogens is 463 g/mol. The number of aromatic amines is 1. The number of nitrogens with one attached hydrogen (secondary N) is 2. The Kier molecular flexibility index (Phi) is 7.16. The minimum absolute atomic E-state index is 0. The molecular formula is C19H22ClIN4O. The van der Waals surface area contributed by atoms with Gasteiger partial charge in [0.25, 0.3) is 0 Å². The maximum absolute atomic E-state index is 6.10. The van der Waals surface area contributed by atoms with Gasteiger partial charge in [-0.3, -0.25) is 4.99 Å². The lowest BCUT2D eigenvalue weighted by Gasteiger charge is -2.08. The number of hydrogen-bond acceptors (Lipinski definition) is 2. The standard InChI is InChI=1S/C19H21ClN4O.HI/c1-12-4-3-5-15-13(11-23-18(12)15)8-9-22-19(21)24-14-6-7-17(25-2)16(20)10-14;/h3-7,10-11,23H,8-9H2,1-2H3,(H3,21,22,24);1H. The van der Waals surface area contributed by atoms with E-state index in [4.69, 9.17) is 22.1 Å². The monoisotopic (exact) mass is 484 g/mol. The van der Waals surface area contributed by atoms with E-state index in [2.05, 4.69) is 40.4 Å². The Morgan fingerprint density at radius 1 is 1.31 bits per heavy atom. The third-order valence-corrected chi connectivity index (χ3v) is 4.39. The number of ether oxygens (including phenoxy) is 1. The Labute approximate surface area is 175 Å². The van der Waals surface area contributed by atoms with Gasteiger partial charge in [0.1, 0.15) is 5.75 Å². The number of halogens is 2. The molecule has 0 radical (unpaired) electrons. The number of benzene rings is 2. The summed E-state index contributed by atoms with van der Waals surface area (Å²) in [5.74, 6) is 0.981. The quantitative estimate of drug-likeness (QED) is 0.278. The molecule has 0 bridgehead atoms. The molecule has 2 aromatic carbocycles. The summed E-state index contributed by atoms with van der Waals surface area (Å²) >= 11 is 6.10. The molecule has 0 aliphatic carbocycles. The lowest BCUT2D eigenvalue weighted by molar-refractivity contribution is 0.415. The van der Waals surface area contributed by atoms with Crippen LogP contribution in [-0.2, 0) is 6.42 Å². The van der Waals surface area contributed by atoms with Crippen LogP contribution in [0.5, 0.6) is 5.75 Å². The second kappa shape index (κ2) is 9.14. The molecule has 0 saturated carbocycles. The topological polar surface area (TPSA) is 75.4 Å². The summed E-state index contributed by atoms with van der Waals surface area (Å²) in [6, 6.07) is 11.7. The number of para-hydroxylation sites is 1. The number of methoxy groups -OCH3 is 1. The highest BCUT2D eigenvalue weighted by atomic mass is 127. The van der Waals surface area contributed by atoms with Crippen LogP contribution < -0.4 is 15.8 Å². The van der Waals surface area contributed by atoms with E-state index < -0.39 is 0 Å². The number of guanidine groups is 1. The highest BCUT2D eigenvalue weighted by molar-refractivity contribution is 14.0. The number of fused-ring (bicyclic) bond motifs is 1. The maximum atomic E-state index is 6.10. The zero-order chi connectivity index (χ0) is 17.8. The van der Waals surface area contributed by atoms with Gasteiger partial charge in [0.05, 0.1) is 12.1 Å². The van der Waals surface area contributed by atoms with Crippen LogP contribution in [0.1, 0.15) is 11.1 Å². The average molecular weight is 485 g/mol. The molecule has 0 spiro atoms. The van der Waals surface area contributed by atoms with Crippen molar-refractivity contribution in [2.24, 2.45) is 10.7 Å². The summed E-state index contributed by atoms with van der Waals surface area (Å²) in [4.78, 5) is 7.72. The number of anilines is 1. The van der Waals surface area contributed by atoms with Crippen molar-refractivity contribution in [3.8, 4) is 5.75 Å². The highest BCUT2D eigenvalue weighted by Gasteiger charge is 2.05. The van der Waals surface area contributed by atoms with Crippen LogP contribution in [0, 0.1) is 6.92 Å². The minimum atomic E-state index is 0. The first-order valence-corrected chi connectivity index (χ1v) is 8.42. The highest BCUT2D eigenvalue weighted by Crippen LogP contribution is 2.27. The molecule has 26 heavy (non-hydrogen) atoms. The van der Waals surface area contributed by atoms with Gasteiger partial charge in [-0.25, -0.2) is 0 Å². The summed E-state index contributed by atoms with van der Waals surface area (Å²) in [7, 11) is 1.58. The molecule has 0 saturated heterocycles. The Morgan fingerprint density at radius 2 is 2.12 bits per heavy atom. The smallest absolute Gasteiger partial charge is 0.193 e. The second-order valence-electron chi connectivity index (χ2n) is 5.80. The maximum Gasteiger partial charge on any atom is 0.193 e. The van der Waals surface area contributed by atoms with Gasteiger partial charge in [0, 0.05) is 29.3 Å². The molecule has 0 aliphatic rings. The van der Waals surface area contributed by atoms with Crippen molar-refractivity contribution in [2.45, 2.75) is 13.3 Å². The summed E-state index contributed by atoms with van der Waals surface area (Å²) in [5.41, 5.74) is 10.4. The van der Waals surface area contributed by atoms with Gasteiger partial charge in [0.15, 0.2) is 5.96 Å². The number of nitrogens with two attached hydrogens (primary N) is 1. The van der Waals surface area contributed by atoms with Crippen LogP contribution >= 0.6 is 35.6 Å². The van der Waals surface area contributed by atoms with E-state index in [0.29, 0.717) is 23.3 Å². The van der Waals surface area contributed by atoms with Crippen molar-refractivity contribution in [1.82, 2.24) is 4.98 Å². The summed E-state index contributed by atoms with van der Waals surface area (Å²) in [5, 5.41) is 4.80. The fraction of sp³-hybridized carbons (Fsp3) is 0.211. The van der Waals surface area contributed by atoms with Gasteiger partial charge in [0.2, 0.25) is 0 Å². The van der Waals surface area contributed by atoms with Gasteiger partial charge in [-0.05, 0) is 42.7 Å². The lowest BCUT2D eigenvalue weighted by atomic mass is 10.1. The molecule has 0 amide bonds. The Bertz CT molecular complexity index is 923. The van der Waals surface area contributed by atoms with Crippen LogP contribution in [0.3, 0.4) is 0 Å². The molecule has 138 valence electrons. The van der Waals surface area contributed by atoms with Crippen molar-refractivity contribution in [2.75, 3.05) is 19.0 Å². The van der Waals surface area contributed by atoms with E-state index in [1.54, 1.807) is 19.2 Å². The average Bonchev–Trinajstić information content (AvgIpc) is 3.00. The molecule has 1 heterocycles. The van der Waals surface area contributed by atoms with Crippen molar-refractivity contribution in [3.63, 3.8) is 0 Å². The van der Waals surface area contributed by atoms with Gasteiger partial charge in [-0.15, -0.1) is 24.0 Å². The van der Waals surface area contributed by atoms with Crippen LogP contribution in [0.2, 0.25) is 5.02 Å². The molecule has 0 fully saturated rings. The predicted octanol–water partition coefficient (Wildman–Crippen LogP) is 4.73. The Hall–Kier alpha value is -1.93. The molecule has 0 unspecified atom stereocenters.